The predicted octanol–water partition coefficient (Wildman–Crippen LogP) is 2.92. The van der Waals surface area contributed by atoms with Gasteiger partial charge in [0.05, 0.1) is 10.7 Å². The van der Waals surface area contributed by atoms with Gasteiger partial charge in [-0.1, -0.05) is 13.8 Å². The molecule has 0 atom stereocenters. The van der Waals surface area contributed by atoms with Gasteiger partial charge in [0.2, 0.25) is 0 Å². The molecule has 0 aliphatic heterocycles. The molecule has 0 bridgehead atoms. The second kappa shape index (κ2) is 4.69. The van der Waals surface area contributed by atoms with Gasteiger partial charge in [-0.3, -0.25) is 4.79 Å². The van der Waals surface area contributed by atoms with Gasteiger partial charge in [0.15, 0.2) is 0 Å². The van der Waals surface area contributed by atoms with Crippen molar-refractivity contribution in [2.45, 2.75) is 40.5 Å². The van der Waals surface area contributed by atoms with E-state index in [2.05, 4.69) is 11.9 Å². The van der Waals surface area contributed by atoms with Gasteiger partial charge in [-0.05, 0) is 13.8 Å². The minimum atomic E-state index is 0.150. The number of aromatic nitrogens is 1. The Morgan fingerprint density at radius 2 is 2.07 bits per heavy atom. The third-order valence-corrected chi connectivity index (χ3v) is 3.43. The molecule has 1 aromatic heterocycles. The third-order valence-electron chi connectivity index (χ3n) is 2.30. The zero-order valence-corrected chi connectivity index (χ0v) is 10.1. The van der Waals surface area contributed by atoms with Crippen LogP contribution < -0.4 is 0 Å². The highest BCUT2D eigenvalue weighted by Crippen LogP contribution is 2.18. The highest BCUT2D eigenvalue weighted by molar-refractivity contribution is 7.11. The van der Waals surface area contributed by atoms with Crippen LogP contribution in [0.1, 0.15) is 35.8 Å². The van der Waals surface area contributed by atoms with E-state index in [0.717, 1.165) is 17.1 Å². The van der Waals surface area contributed by atoms with E-state index in [1.54, 1.807) is 11.3 Å². The second-order valence-electron chi connectivity index (χ2n) is 3.87. The molecule has 0 aliphatic carbocycles. The van der Waals surface area contributed by atoms with Gasteiger partial charge in [-0.2, -0.15) is 0 Å². The van der Waals surface area contributed by atoms with Crippen LogP contribution in [0.15, 0.2) is 0 Å². The van der Waals surface area contributed by atoms with E-state index in [1.165, 1.54) is 4.88 Å². The summed E-state index contributed by atoms with van der Waals surface area (Å²) < 4.78 is 0. The smallest absolute Gasteiger partial charge is 0.135 e. The monoisotopic (exact) mass is 211 g/mol. The van der Waals surface area contributed by atoms with Crippen molar-refractivity contribution < 1.29 is 4.79 Å². The Morgan fingerprint density at radius 1 is 1.43 bits per heavy atom. The van der Waals surface area contributed by atoms with Gasteiger partial charge >= 0.3 is 0 Å². The van der Waals surface area contributed by atoms with Gasteiger partial charge in [-0.15, -0.1) is 11.3 Å². The molecule has 78 valence electrons. The maximum absolute atomic E-state index is 11.4. The number of hydrogen-bond acceptors (Lipinski definition) is 3. The summed E-state index contributed by atoms with van der Waals surface area (Å²) in [4.78, 5) is 17.1. The first-order valence-electron chi connectivity index (χ1n) is 4.96. The third kappa shape index (κ3) is 2.91. The Hall–Kier alpha value is -0.700. The highest BCUT2D eigenvalue weighted by atomic mass is 32.1. The minimum Gasteiger partial charge on any atom is -0.299 e. The summed E-state index contributed by atoms with van der Waals surface area (Å²) in [6.45, 7) is 7.97. The quantitative estimate of drug-likeness (QED) is 0.766. The number of carbonyl (C=O) groups is 1. The van der Waals surface area contributed by atoms with Crippen molar-refractivity contribution in [2.75, 3.05) is 0 Å². The van der Waals surface area contributed by atoms with E-state index in [0.29, 0.717) is 12.2 Å². The van der Waals surface area contributed by atoms with E-state index < -0.39 is 0 Å². The standard InChI is InChI=1S/C11H17NOS/c1-7(2)10(13)5-6-11-12-8(3)9(4)14-11/h7H,5-6H2,1-4H3. The Kier molecular flexibility index (Phi) is 3.81. The molecule has 0 aliphatic rings. The van der Waals surface area contributed by atoms with Gasteiger partial charge in [0.25, 0.3) is 0 Å². The lowest BCUT2D eigenvalue weighted by molar-refractivity contribution is -0.121. The molecule has 14 heavy (non-hydrogen) atoms. The van der Waals surface area contributed by atoms with Gasteiger partial charge in [0.1, 0.15) is 5.78 Å². The summed E-state index contributed by atoms with van der Waals surface area (Å²) in [5.74, 6) is 0.479. The molecule has 0 saturated heterocycles. The SMILES string of the molecule is Cc1nc(CCC(=O)C(C)C)sc1C. The Bertz CT molecular complexity index is 309. The normalized spacial score (nSPS) is 10.9. The molecule has 0 saturated carbocycles. The molecule has 0 fully saturated rings. The van der Waals surface area contributed by atoms with Crippen LogP contribution in [0.2, 0.25) is 0 Å². The Balaban J connectivity index is 2.50. The van der Waals surface area contributed by atoms with Gasteiger partial charge in [-0.25, -0.2) is 4.98 Å². The van der Waals surface area contributed by atoms with Crippen molar-refractivity contribution in [3.8, 4) is 0 Å². The minimum absolute atomic E-state index is 0.150. The summed E-state index contributed by atoms with van der Waals surface area (Å²) in [6, 6.07) is 0. The second-order valence-corrected chi connectivity index (χ2v) is 5.16. The summed E-state index contributed by atoms with van der Waals surface area (Å²) in [6.07, 6.45) is 1.43. The van der Waals surface area contributed by atoms with Crippen molar-refractivity contribution in [1.82, 2.24) is 4.98 Å². The van der Waals surface area contributed by atoms with Crippen molar-refractivity contribution in [1.29, 1.82) is 0 Å². The molecule has 1 aromatic rings. The van der Waals surface area contributed by atoms with Crippen LogP contribution in [0.4, 0.5) is 0 Å². The predicted molar refractivity (Wildman–Crippen MR) is 59.8 cm³/mol. The fraction of sp³-hybridized carbons (Fsp3) is 0.636. The Morgan fingerprint density at radius 3 is 2.50 bits per heavy atom. The number of hydrogen-bond donors (Lipinski definition) is 0. The number of carbonyl (C=O) groups excluding carboxylic acids is 1. The number of rotatable bonds is 4. The van der Waals surface area contributed by atoms with E-state index in [4.69, 9.17) is 0 Å². The highest BCUT2D eigenvalue weighted by Gasteiger charge is 2.09. The fourth-order valence-corrected chi connectivity index (χ4v) is 2.10. The van der Waals surface area contributed by atoms with Crippen molar-refractivity contribution >= 4 is 17.1 Å². The first kappa shape index (κ1) is 11.4. The van der Waals surface area contributed by atoms with Crippen LogP contribution in [0, 0.1) is 19.8 Å². The molecule has 3 heteroatoms. The fourth-order valence-electron chi connectivity index (χ4n) is 1.16. The lowest BCUT2D eigenvalue weighted by Crippen LogP contribution is -2.07. The first-order valence-corrected chi connectivity index (χ1v) is 5.78. The van der Waals surface area contributed by atoms with Gasteiger partial charge < -0.3 is 0 Å². The number of Topliss-reactive ketones (excluding diaryl/α,β-unsaturated/α-hetero) is 1. The van der Waals surface area contributed by atoms with E-state index >= 15 is 0 Å². The molecule has 0 unspecified atom stereocenters. The molecule has 0 amide bonds. The van der Waals surface area contributed by atoms with Crippen LogP contribution in [0.5, 0.6) is 0 Å². The average Bonchev–Trinajstić information content (AvgIpc) is 2.42. The lowest BCUT2D eigenvalue weighted by atomic mass is 10.1. The van der Waals surface area contributed by atoms with E-state index in [-0.39, 0.29) is 5.92 Å². The van der Waals surface area contributed by atoms with Crippen molar-refractivity contribution in [3.63, 3.8) is 0 Å². The summed E-state index contributed by atoms with van der Waals surface area (Å²) in [5.41, 5.74) is 1.10. The van der Waals surface area contributed by atoms with Crippen LogP contribution in [-0.2, 0) is 11.2 Å². The molecule has 0 aromatic carbocycles. The maximum Gasteiger partial charge on any atom is 0.135 e. The summed E-state index contributed by atoms with van der Waals surface area (Å²) in [5, 5.41) is 1.09. The van der Waals surface area contributed by atoms with E-state index in [9.17, 15) is 4.79 Å². The summed E-state index contributed by atoms with van der Waals surface area (Å²) >= 11 is 1.70. The zero-order chi connectivity index (χ0) is 10.7. The van der Waals surface area contributed by atoms with Crippen LogP contribution in [0.3, 0.4) is 0 Å². The molecular weight excluding hydrogens is 194 g/mol. The Labute approximate surface area is 89.4 Å². The zero-order valence-electron chi connectivity index (χ0n) is 9.26. The number of nitrogens with zero attached hydrogens (tertiary/aromatic N) is 1. The van der Waals surface area contributed by atoms with Crippen molar-refractivity contribution in [2.24, 2.45) is 5.92 Å². The molecule has 0 N–H and O–H groups in total. The number of ketones is 1. The van der Waals surface area contributed by atoms with Crippen LogP contribution in [0.25, 0.3) is 0 Å². The maximum atomic E-state index is 11.4. The van der Waals surface area contributed by atoms with Crippen LogP contribution in [-0.4, -0.2) is 10.8 Å². The van der Waals surface area contributed by atoms with E-state index in [1.807, 2.05) is 20.8 Å². The molecule has 1 rings (SSSR count). The lowest BCUT2D eigenvalue weighted by Gasteiger charge is -2.01. The number of thiazole rings is 1. The molecule has 0 spiro atoms. The van der Waals surface area contributed by atoms with Gasteiger partial charge in [0, 0.05) is 23.6 Å². The topological polar surface area (TPSA) is 30.0 Å². The molecule has 0 radical (unpaired) electrons. The first-order chi connectivity index (χ1) is 6.50. The largest absolute Gasteiger partial charge is 0.299 e. The number of aryl methyl sites for hydroxylation is 3. The molecular formula is C11H17NOS. The average molecular weight is 211 g/mol. The molecule has 1 heterocycles. The van der Waals surface area contributed by atoms with Crippen molar-refractivity contribution in [3.05, 3.63) is 15.6 Å². The molecule has 2 nitrogen and oxygen atoms in total. The summed E-state index contributed by atoms with van der Waals surface area (Å²) in [7, 11) is 0. The van der Waals surface area contributed by atoms with Crippen LogP contribution >= 0.6 is 11.3 Å².